The molecule has 1 rings (SSSR count). The number of likely N-dealkylation sites (tertiary alicyclic amines) is 1. The van der Waals surface area contributed by atoms with Gasteiger partial charge in [0.15, 0.2) is 0 Å². The summed E-state index contributed by atoms with van der Waals surface area (Å²) in [5.74, 6) is 0.430. The van der Waals surface area contributed by atoms with E-state index in [1.807, 2.05) is 0 Å². The highest BCUT2D eigenvalue weighted by Gasteiger charge is 2.28. The second kappa shape index (κ2) is 7.34. The quantitative estimate of drug-likeness (QED) is 0.769. The second-order valence-electron chi connectivity index (χ2n) is 5.50. The van der Waals surface area contributed by atoms with Crippen molar-refractivity contribution in [3.63, 3.8) is 0 Å². The van der Waals surface area contributed by atoms with Gasteiger partial charge >= 0.3 is 0 Å². The molecule has 17 heavy (non-hydrogen) atoms. The molecule has 3 unspecified atom stereocenters. The van der Waals surface area contributed by atoms with E-state index >= 15 is 0 Å². The van der Waals surface area contributed by atoms with Gasteiger partial charge in [-0.3, -0.25) is 0 Å². The van der Waals surface area contributed by atoms with E-state index in [1.54, 1.807) is 0 Å². The molecular formula is C14H30N2O. The third-order valence-corrected chi connectivity index (χ3v) is 4.20. The maximum Gasteiger partial charge on any atom is 0.0592 e. The third-order valence-electron chi connectivity index (χ3n) is 4.20. The molecule has 0 bridgehead atoms. The predicted molar refractivity (Wildman–Crippen MR) is 73.2 cm³/mol. The number of nitrogens with zero attached hydrogens (tertiary/aromatic N) is 2. The van der Waals surface area contributed by atoms with Crippen molar-refractivity contribution < 1.29 is 5.11 Å². The number of hydrogen-bond acceptors (Lipinski definition) is 3. The molecule has 102 valence electrons. The van der Waals surface area contributed by atoms with E-state index in [0.29, 0.717) is 12.0 Å². The average molecular weight is 242 g/mol. The highest BCUT2D eigenvalue weighted by atomic mass is 16.3. The SMILES string of the molecule is CCN(CC)CCCN1CC(C)C(O)CC1C. The molecular weight excluding hydrogens is 212 g/mol. The first kappa shape index (κ1) is 14.9. The van der Waals surface area contributed by atoms with Crippen LogP contribution >= 0.6 is 0 Å². The smallest absolute Gasteiger partial charge is 0.0592 e. The fraction of sp³-hybridized carbons (Fsp3) is 1.00. The minimum absolute atomic E-state index is 0.0935. The van der Waals surface area contributed by atoms with E-state index in [1.165, 1.54) is 19.5 Å². The molecule has 0 aromatic carbocycles. The molecule has 1 heterocycles. The summed E-state index contributed by atoms with van der Waals surface area (Å²) in [5.41, 5.74) is 0. The molecule has 0 aliphatic carbocycles. The summed E-state index contributed by atoms with van der Waals surface area (Å²) in [5, 5.41) is 9.82. The topological polar surface area (TPSA) is 26.7 Å². The molecule has 1 aliphatic rings. The molecule has 0 aromatic rings. The summed E-state index contributed by atoms with van der Waals surface area (Å²) < 4.78 is 0. The Hall–Kier alpha value is -0.120. The van der Waals surface area contributed by atoms with Crippen LogP contribution in [0, 0.1) is 5.92 Å². The van der Waals surface area contributed by atoms with Crippen LogP contribution in [0.3, 0.4) is 0 Å². The van der Waals surface area contributed by atoms with Crippen LogP contribution in [0.2, 0.25) is 0 Å². The van der Waals surface area contributed by atoms with E-state index in [2.05, 4.69) is 37.5 Å². The number of hydrogen-bond donors (Lipinski definition) is 1. The molecule has 0 saturated carbocycles. The summed E-state index contributed by atoms with van der Waals surface area (Å²) >= 11 is 0. The fourth-order valence-electron chi connectivity index (χ4n) is 2.75. The molecule has 1 N–H and O–H groups in total. The zero-order valence-corrected chi connectivity index (χ0v) is 12.0. The summed E-state index contributed by atoms with van der Waals surface area (Å²) in [6, 6.07) is 0.540. The highest BCUT2D eigenvalue weighted by Crippen LogP contribution is 2.22. The third kappa shape index (κ3) is 4.57. The highest BCUT2D eigenvalue weighted by molar-refractivity contribution is 4.82. The molecule has 1 saturated heterocycles. The zero-order chi connectivity index (χ0) is 12.8. The number of aliphatic hydroxyl groups excluding tert-OH is 1. The summed E-state index contributed by atoms with van der Waals surface area (Å²) in [4.78, 5) is 5.02. The minimum Gasteiger partial charge on any atom is -0.393 e. The molecule has 1 aliphatic heterocycles. The number of rotatable bonds is 6. The van der Waals surface area contributed by atoms with Gasteiger partial charge < -0.3 is 14.9 Å². The van der Waals surface area contributed by atoms with Crippen molar-refractivity contribution in [2.45, 2.75) is 52.7 Å². The molecule has 1 fully saturated rings. The van der Waals surface area contributed by atoms with Crippen molar-refractivity contribution in [2.75, 3.05) is 32.7 Å². The first-order valence-electron chi connectivity index (χ1n) is 7.22. The molecule has 3 heteroatoms. The average Bonchev–Trinajstić information content (AvgIpc) is 2.31. The lowest BCUT2D eigenvalue weighted by molar-refractivity contribution is 0.00441. The van der Waals surface area contributed by atoms with Crippen LogP contribution in [0.25, 0.3) is 0 Å². The Labute approximate surface area is 107 Å². The Kier molecular flexibility index (Phi) is 6.45. The van der Waals surface area contributed by atoms with Gasteiger partial charge in [0.2, 0.25) is 0 Å². The van der Waals surface area contributed by atoms with Gasteiger partial charge in [0.25, 0.3) is 0 Å². The molecule has 0 spiro atoms. The van der Waals surface area contributed by atoms with Gasteiger partial charge in [0, 0.05) is 12.6 Å². The molecule has 0 aromatic heterocycles. The van der Waals surface area contributed by atoms with E-state index in [0.717, 1.165) is 26.1 Å². The monoisotopic (exact) mass is 242 g/mol. The zero-order valence-electron chi connectivity index (χ0n) is 12.0. The predicted octanol–water partition coefficient (Wildman–Crippen LogP) is 1.81. The van der Waals surface area contributed by atoms with Gasteiger partial charge in [-0.15, -0.1) is 0 Å². The summed E-state index contributed by atoms with van der Waals surface area (Å²) in [6.07, 6.45) is 2.09. The van der Waals surface area contributed by atoms with E-state index in [9.17, 15) is 5.11 Å². The Morgan fingerprint density at radius 1 is 1.24 bits per heavy atom. The van der Waals surface area contributed by atoms with E-state index < -0.39 is 0 Å². The van der Waals surface area contributed by atoms with Crippen molar-refractivity contribution in [1.29, 1.82) is 0 Å². The normalized spacial score (nSPS) is 31.1. The Balaban J connectivity index is 2.26. The first-order valence-corrected chi connectivity index (χ1v) is 7.22. The van der Waals surface area contributed by atoms with Crippen molar-refractivity contribution in [3.05, 3.63) is 0 Å². The van der Waals surface area contributed by atoms with Crippen LogP contribution in [0.5, 0.6) is 0 Å². The fourth-order valence-corrected chi connectivity index (χ4v) is 2.75. The Bertz CT molecular complexity index is 206. The lowest BCUT2D eigenvalue weighted by Crippen LogP contribution is -2.48. The van der Waals surface area contributed by atoms with Gasteiger partial charge in [-0.05, 0) is 51.9 Å². The van der Waals surface area contributed by atoms with Crippen LogP contribution in [-0.4, -0.2) is 59.8 Å². The van der Waals surface area contributed by atoms with Crippen LogP contribution in [-0.2, 0) is 0 Å². The maximum absolute atomic E-state index is 9.82. The Morgan fingerprint density at radius 2 is 1.88 bits per heavy atom. The van der Waals surface area contributed by atoms with Crippen molar-refractivity contribution in [3.8, 4) is 0 Å². The van der Waals surface area contributed by atoms with Crippen LogP contribution in [0.4, 0.5) is 0 Å². The Morgan fingerprint density at radius 3 is 2.47 bits per heavy atom. The van der Waals surface area contributed by atoms with E-state index in [-0.39, 0.29) is 6.10 Å². The largest absolute Gasteiger partial charge is 0.393 e. The van der Waals surface area contributed by atoms with Gasteiger partial charge in [-0.2, -0.15) is 0 Å². The maximum atomic E-state index is 9.82. The standard InChI is InChI=1S/C14H30N2O/c1-5-15(6-2)8-7-9-16-11-12(3)14(17)10-13(16)4/h12-14,17H,5-11H2,1-4H3. The second-order valence-corrected chi connectivity index (χ2v) is 5.50. The lowest BCUT2D eigenvalue weighted by Gasteiger charge is -2.40. The van der Waals surface area contributed by atoms with Gasteiger partial charge in [-0.1, -0.05) is 20.8 Å². The molecule has 3 atom stereocenters. The molecule has 3 nitrogen and oxygen atoms in total. The van der Waals surface area contributed by atoms with Gasteiger partial charge in [0.05, 0.1) is 6.10 Å². The van der Waals surface area contributed by atoms with Gasteiger partial charge in [-0.25, -0.2) is 0 Å². The number of aliphatic hydroxyl groups is 1. The summed E-state index contributed by atoms with van der Waals surface area (Å²) in [6.45, 7) is 14.6. The first-order chi connectivity index (χ1) is 8.08. The van der Waals surface area contributed by atoms with E-state index in [4.69, 9.17) is 0 Å². The number of piperidine rings is 1. The van der Waals surface area contributed by atoms with Crippen molar-refractivity contribution in [2.24, 2.45) is 5.92 Å². The summed E-state index contributed by atoms with van der Waals surface area (Å²) in [7, 11) is 0. The lowest BCUT2D eigenvalue weighted by atomic mass is 9.92. The minimum atomic E-state index is -0.0935. The van der Waals surface area contributed by atoms with Crippen LogP contribution in [0.1, 0.15) is 40.5 Å². The van der Waals surface area contributed by atoms with Crippen LogP contribution < -0.4 is 0 Å². The molecule has 0 radical (unpaired) electrons. The van der Waals surface area contributed by atoms with Crippen molar-refractivity contribution in [1.82, 2.24) is 9.80 Å². The molecule has 0 amide bonds. The van der Waals surface area contributed by atoms with Crippen LogP contribution in [0.15, 0.2) is 0 Å². The van der Waals surface area contributed by atoms with Crippen molar-refractivity contribution >= 4 is 0 Å². The van der Waals surface area contributed by atoms with Gasteiger partial charge in [0.1, 0.15) is 0 Å².